The highest BCUT2D eigenvalue weighted by Crippen LogP contribution is 2.24. The minimum atomic E-state index is -0.119. The maximum Gasteiger partial charge on any atom is 0.248 e. The number of hydrogen-bond donors (Lipinski definition) is 2. The van der Waals surface area contributed by atoms with Crippen LogP contribution in [0.2, 0.25) is 0 Å². The monoisotopic (exact) mass is 212 g/mol. The molecule has 0 unspecified atom stereocenters. The maximum absolute atomic E-state index is 11.2. The minimum absolute atomic E-state index is 0.119. The number of aromatic amines is 2. The fraction of sp³-hybridized carbons (Fsp3) is 0. The molecule has 0 aromatic carbocycles. The highest BCUT2D eigenvalue weighted by atomic mass is 16.1. The molecule has 0 aliphatic carbocycles. The van der Waals surface area contributed by atoms with E-state index in [9.17, 15) is 4.79 Å². The van der Waals surface area contributed by atoms with Gasteiger partial charge in [0.15, 0.2) is 5.65 Å². The van der Waals surface area contributed by atoms with Crippen molar-refractivity contribution in [1.29, 1.82) is 0 Å². The number of fused-ring (bicyclic) bond motifs is 1. The van der Waals surface area contributed by atoms with Crippen LogP contribution in [-0.4, -0.2) is 20.2 Å². The molecule has 5 heteroatoms. The topological polar surface area (TPSA) is 74.4 Å². The lowest BCUT2D eigenvalue weighted by Gasteiger charge is -2.01. The van der Waals surface area contributed by atoms with Gasteiger partial charge in [0.05, 0.1) is 6.20 Å². The van der Waals surface area contributed by atoms with Crippen molar-refractivity contribution in [2.24, 2.45) is 0 Å². The van der Waals surface area contributed by atoms with Crippen LogP contribution in [0.1, 0.15) is 0 Å². The van der Waals surface area contributed by atoms with E-state index < -0.39 is 0 Å². The molecule has 0 spiro atoms. The summed E-state index contributed by atoms with van der Waals surface area (Å²) in [5.74, 6) is 0. The van der Waals surface area contributed by atoms with Crippen LogP contribution in [0.3, 0.4) is 0 Å². The molecule has 0 radical (unpaired) electrons. The van der Waals surface area contributed by atoms with Gasteiger partial charge in [-0.25, -0.2) is 4.98 Å². The van der Waals surface area contributed by atoms with Crippen molar-refractivity contribution in [3.63, 3.8) is 0 Å². The number of H-pyrrole nitrogens is 2. The summed E-state index contributed by atoms with van der Waals surface area (Å²) < 4.78 is 0. The Morgan fingerprint density at radius 1 is 1.25 bits per heavy atom. The molecule has 78 valence electrons. The second kappa shape index (κ2) is 3.30. The summed E-state index contributed by atoms with van der Waals surface area (Å²) in [7, 11) is 0. The van der Waals surface area contributed by atoms with Gasteiger partial charge in [0.2, 0.25) is 5.56 Å². The molecule has 5 nitrogen and oxygen atoms in total. The third kappa shape index (κ3) is 1.30. The average molecular weight is 212 g/mol. The van der Waals surface area contributed by atoms with E-state index in [-0.39, 0.29) is 5.56 Å². The van der Waals surface area contributed by atoms with Gasteiger partial charge in [-0.15, -0.1) is 0 Å². The number of rotatable bonds is 1. The van der Waals surface area contributed by atoms with E-state index in [1.807, 2.05) is 12.1 Å². The Bertz CT molecular complexity index is 698. The molecule has 3 rings (SSSR count). The predicted octanol–water partition coefficient (Wildman–Crippen LogP) is 1.31. The molecule has 0 amide bonds. The van der Waals surface area contributed by atoms with Gasteiger partial charge in [0, 0.05) is 23.8 Å². The molecule has 0 saturated carbocycles. The van der Waals surface area contributed by atoms with Gasteiger partial charge in [-0.3, -0.25) is 9.89 Å². The lowest BCUT2D eigenvalue weighted by Crippen LogP contribution is -2.02. The molecule has 2 N–H and O–H groups in total. The summed E-state index contributed by atoms with van der Waals surface area (Å²) in [6, 6.07) is 5.28. The van der Waals surface area contributed by atoms with Gasteiger partial charge >= 0.3 is 0 Å². The fourth-order valence-electron chi connectivity index (χ4n) is 1.71. The number of aromatic nitrogens is 4. The second-order valence-electron chi connectivity index (χ2n) is 3.43. The molecule has 16 heavy (non-hydrogen) atoms. The second-order valence-corrected chi connectivity index (χ2v) is 3.43. The lowest BCUT2D eigenvalue weighted by atomic mass is 10.1. The van der Waals surface area contributed by atoms with Gasteiger partial charge in [0.1, 0.15) is 0 Å². The molecule has 0 atom stereocenters. The van der Waals surface area contributed by atoms with E-state index >= 15 is 0 Å². The van der Waals surface area contributed by atoms with Gasteiger partial charge in [-0.2, -0.15) is 5.10 Å². The van der Waals surface area contributed by atoms with E-state index in [2.05, 4.69) is 20.2 Å². The summed E-state index contributed by atoms with van der Waals surface area (Å²) in [4.78, 5) is 18.0. The molecule has 3 heterocycles. The molecular formula is C11H8N4O. The fourth-order valence-corrected chi connectivity index (χ4v) is 1.71. The zero-order chi connectivity index (χ0) is 11.0. The third-order valence-corrected chi connectivity index (χ3v) is 2.44. The Balaban J connectivity index is 2.33. The minimum Gasteiger partial charge on any atom is -0.329 e. The first-order valence-electron chi connectivity index (χ1n) is 4.82. The summed E-state index contributed by atoms with van der Waals surface area (Å²) in [5.41, 5.74) is 2.41. The Morgan fingerprint density at radius 3 is 3.06 bits per heavy atom. The van der Waals surface area contributed by atoms with Crippen LogP contribution < -0.4 is 5.56 Å². The molecule has 3 aromatic heterocycles. The van der Waals surface area contributed by atoms with Crippen molar-refractivity contribution in [3.05, 3.63) is 47.1 Å². The average Bonchev–Trinajstić information content (AvgIpc) is 2.76. The van der Waals surface area contributed by atoms with Gasteiger partial charge in [-0.05, 0) is 23.3 Å². The standard InChI is InChI=1S/C11H8N4O/c16-10-5-7(1-3-12-10)8-2-4-13-11-9(8)6-14-15-11/h1-6H,(H,12,16)(H,13,14,15). The molecule has 0 aliphatic heterocycles. The van der Waals surface area contributed by atoms with E-state index in [1.165, 1.54) is 0 Å². The number of pyridine rings is 2. The zero-order valence-corrected chi connectivity index (χ0v) is 8.27. The van der Waals surface area contributed by atoms with Crippen molar-refractivity contribution >= 4 is 11.0 Å². The van der Waals surface area contributed by atoms with Crippen LogP contribution in [0.15, 0.2) is 41.6 Å². The Labute approximate surface area is 90.2 Å². The molecule has 0 fully saturated rings. The van der Waals surface area contributed by atoms with Crippen LogP contribution in [0, 0.1) is 0 Å². The lowest BCUT2D eigenvalue weighted by molar-refractivity contribution is 1.10. The number of nitrogens with one attached hydrogen (secondary N) is 2. The number of nitrogens with zero attached hydrogens (tertiary/aromatic N) is 2. The number of hydrogen-bond acceptors (Lipinski definition) is 3. The van der Waals surface area contributed by atoms with Crippen molar-refractivity contribution in [2.75, 3.05) is 0 Å². The van der Waals surface area contributed by atoms with Crippen LogP contribution in [-0.2, 0) is 0 Å². The van der Waals surface area contributed by atoms with Crippen molar-refractivity contribution in [1.82, 2.24) is 20.2 Å². The van der Waals surface area contributed by atoms with E-state index in [1.54, 1.807) is 24.7 Å². The summed E-state index contributed by atoms with van der Waals surface area (Å²) in [6.45, 7) is 0. The first-order valence-corrected chi connectivity index (χ1v) is 4.82. The van der Waals surface area contributed by atoms with Crippen molar-refractivity contribution < 1.29 is 0 Å². The van der Waals surface area contributed by atoms with Crippen molar-refractivity contribution in [2.45, 2.75) is 0 Å². The van der Waals surface area contributed by atoms with Crippen LogP contribution >= 0.6 is 0 Å². The largest absolute Gasteiger partial charge is 0.329 e. The maximum atomic E-state index is 11.2. The molecule has 0 aliphatic rings. The summed E-state index contributed by atoms with van der Waals surface area (Å²) in [6.07, 6.45) is 5.03. The van der Waals surface area contributed by atoms with Crippen LogP contribution in [0.5, 0.6) is 0 Å². The highest BCUT2D eigenvalue weighted by molar-refractivity contribution is 5.91. The van der Waals surface area contributed by atoms with Gasteiger partial charge in [-0.1, -0.05) is 0 Å². The predicted molar refractivity (Wildman–Crippen MR) is 59.9 cm³/mol. The molecule has 3 aromatic rings. The smallest absolute Gasteiger partial charge is 0.248 e. The zero-order valence-electron chi connectivity index (χ0n) is 8.27. The van der Waals surface area contributed by atoms with Crippen LogP contribution in [0.25, 0.3) is 22.2 Å². The molecule has 0 saturated heterocycles. The normalized spacial score (nSPS) is 10.8. The third-order valence-electron chi connectivity index (χ3n) is 2.44. The molecular weight excluding hydrogens is 204 g/mol. The van der Waals surface area contributed by atoms with Crippen molar-refractivity contribution in [3.8, 4) is 11.1 Å². The first-order chi connectivity index (χ1) is 7.84. The first kappa shape index (κ1) is 8.84. The van der Waals surface area contributed by atoms with E-state index in [4.69, 9.17) is 0 Å². The Kier molecular flexibility index (Phi) is 1.83. The van der Waals surface area contributed by atoms with E-state index in [0.29, 0.717) is 0 Å². The Hall–Kier alpha value is -2.43. The highest BCUT2D eigenvalue weighted by Gasteiger charge is 2.05. The van der Waals surface area contributed by atoms with Gasteiger partial charge < -0.3 is 4.98 Å². The van der Waals surface area contributed by atoms with E-state index in [0.717, 1.165) is 22.2 Å². The molecule has 0 bridgehead atoms. The van der Waals surface area contributed by atoms with Crippen LogP contribution in [0.4, 0.5) is 0 Å². The quantitative estimate of drug-likeness (QED) is 0.638. The SMILES string of the molecule is O=c1cc(-c2ccnc3[nH]ncc23)cc[nH]1. The summed E-state index contributed by atoms with van der Waals surface area (Å²) >= 11 is 0. The Morgan fingerprint density at radius 2 is 2.19 bits per heavy atom. The van der Waals surface area contributed by atoms with Gasteiger partial charge in [0.25, 0.3) is 0 Å². The summed E-state index contributed by atoms with van der Waals surface area (Å²) in [5, 5.41) is 7.64.